The predicted molar refractivity (Wildman–Crippen MR) is 118 cm³/mol. The average Bonchev–Trinajstić information content (AvgIpc) is 3.33. The summed E-state index contributed by atoms with van der Waals surface area (Å²) in [4.78, 5) is 65.9. The lowest BCUT2D eigenvalue weighted by Gasteiger charge is -2.49. The van der Waals surface area contributed by atoms with Gasteiger partial charge in [0.25, 0.3) is 11.8 Å². The smallest absolute Gasteiger partial charge is 0.405 e. The van der Waals surface area contributed by atoms with Crippen molar-refractivity contribution in [1.82, 2.24) is 10.2 Å². The maximum Gasteiger partial charge on any atom is 0.405 e. The number of thioether (sulfide) groups is 1. The van der Waals surface area contributed by atoms with E-state index in [1.54, 1.807) is 6.07 Å². The third-order valence-electron chi connectivity index (χ3n) is 4.97. The van der Waals surface area contributed by atoms with Crippen molar-refractivity contribution in [2.24, 2.45) is 10.9 Å². The number of oxime groups is 1. The van der Waals surface area contributed by atoms with Crippen molar-refractivity contribution in [2.75, 3.05) is 19.5 Å². The van der Waals surface area contributed by atoms with E-state index in [0.717, 1.165) is 16.7 Å². The Morgan fingerprint density at radius 3 is 2.71 bits per heavy atom. The number of fused-ring (bicyclic) bond motifs is 1. The molecule has 0 saturated carbocycles. The van der Waals surface area contributed by atoms with E-state index in [1.807, 2.05) is 0 Å². The molecule has 1 unspecified atom stereocenters. The molecule has 3 atom stereocenters. The van der Waals surface area contributed by atoms with E-state index < -0.39 is 53.1 Å². The zero-order valence-corrected chi connectivity index (χ0v) is 19.4. The number of amides is 3. The third kappa shape index (κ3) is 5.56. The van der Waals surface area contributed by atoms with Gasteiger partial charge in [0.05, 0.1) is 12.9 Å². The standard InChI is InChI=1S/C20H22N4O10S/c1-9(25)32-7-5-11(34-20(21)30)10-8-35-18-14(17(27)24(18)15(10)19(28)29)22-16(26)13(23-31-2)12-4-3-6-33-12/h3-4,6,11,14,18H,5,7-8H2,1-2H3,(H2,21,30)(H,22,26)(H,28,29)/t11?,14-,18+/m1/s1. The second-order valence-corrected chi connectivity index (χ2v) is 8.30. The van der Waals surface area contributed by atoms with Crippen LogP contribution in [0.1, 0.15) is 19.1 Å². The number of hydrogen-bond donors (Lipinski definition) is 3. The van der Waals surface area contributed by atoms with Crippen molar-refractivity contribution >= 4 is 47.3 Å². The number of ether oxygens (including phenoxy) is 2. The fourth-order valence-corrected chi connectivity index (χ4v) is 4.96. The second kappa shape index (κ2) is 10.9. The van der Waals surface area contributed by atoms with E-state index >= 15 is 0 Å². The number of nitrogens with one attached hydrogen (secondary N) is 1. The van der Waals surface area contributed by atoms with Crippen LogP contribution in [0, 0.1) is 0 Å². The molecule has 0 bridgehead atoms. The Labute approximate surface area is 202 Å². The van der Waals surface area contributed by atoms with Crippen LogP contribution in [0.3, 0.4) is 0 Å². The highest BCUT2D eigenvalue weighted by atomic mass is 32.2. The number of carboxylic acid groups (broad SMARTS) is 1. The molecular weight excluding hydrogens is 488 g/mol. The van der Waals surface area contributed by atoms with Gasteiger partial charge < -0.3 is 34.9 Å². The van der Waals surface area contributed by atoms with Gasteiger partial charge in [-0.25, -0.2) is 9.59 Å². The van der Waals surface area contributed by atoms with Gasteiger partial charge in [0.2, 0.25) is 5.71 Å². The van der Waals surface area contributed by atoms with Crippen molar-refractivity contribution in [3.63, 3.8) is 0 Å². The Balaban J connectivity index is 1.82. The van der Waals surface area contributed by atoms with E-state index in [1.165, 1.54) is 26.4 Å². The molecule has 1 aromatic rings. The van der Waals surface area contributed by atoms with Gasteiger partial charge in [0, 0.05) is 24.7 Å². The molecule has 0 aromatic carbocycles. The van der Waals surface area contributed by atoms with Crippen LogP contribution in [0.25, 0.3) is 0 Å². The number of hydrogen-bond acceptors (Lipinski definition) is 11. The summed E-state index contributed by atoms with van der Waals surface area (Å²) in [6.45, 7) is 1.02. The first-order valence-corrected chi connectivity index (χ1v) is 11.2. The van der Waals surface area contributed by atoms with Crippen molar-refractivity contribution in [2.45, 2.75) is 30.9 Å². The van der Waals surface area contributed by atoms with Gasteiger partial charge in [-0.3, -0.25) is 19.3 Å². The Kier molecular flexibility index (Phi) is 8.01. The van der Waals surface area contributed by atoms with E-state index in [9.17, 15) is 29.1 Å². The van der Waals surface area contributed by atoms with Gasteiger partial charge in [-0.05, 0) is 12.1 Å². The first kappa shape index (κ1) is 25.6. The van der Waals surface area contributed by atoms with Crippen LogP contribution in [0.5, 0.6) is 0 Å². The van der Waals surface area contributed by atoms with Crippen molar-refractivity contribution < 1.29 is 47.8 Å². The number of β-lactam (4-membered cyclic amide) rings is 1. The molecule has 0 radical (unpaired) electrons. The number of nitrogens with zero attached hydrogens (tertiary/aromatic N) is 2. The van der Waals surface area contributed by atoms with E-state index in [4.69, 9.17) is 19.6 Å². The minimum absolute atomic E-state index is 0.0394. The molecule has 3 amide bonds. The van der Waals surface area contributed by atoms with Gasteiger partial charge in [0.15, 0.2) is 5.76 Å². The SMILES string of the molecule is CON=C(C(=O)N[C@@H]1C(=O)N2C(C(=O)O)=C(C(CCOC(C)=O)OC(N)=O)CS[C@@H]12)c1ccco1. The highest BCUT2D eigenvalue weighted by molar-refractivity contribution is 8.00. The summed E-state index contributed by atoms with van der Waals surface area (Å²) in [7, 11) is 1.24. The minimum atomic E-state index is -1.44. The fourth-order valence-electron chi connectivity index (χ4n) is 3.56. The number of carbonyl (C=O) groups excluding carboxylic acids is 4. The Morgan fingerprint density at radius 1 is 1.40 bits per heavy atom. The molecule has 0 aliphatic carbocycles. The lowest BCUT2D eigenvalue weighted by atomic mass is 9.99. The molecule has 1 aromatic heterocycles. The zero-order valence-electron chi connectivity index (χ0n) is 18.6. The van der Waals surface area contributed by atoms with Gasteiger partial charge >= 0.3 is 18.0 Å². The van der Waals surface area contributed by atoms with Gasteiger partial charge in [-0.1, -0.05) is 5.16 Å². The molecule has 35 heavy (non-hydrogen) atoms. The van der Waals surface area contributed by atoms with Gasteiger partial charge in [0.1, 0.15) is 30.3 Å². The molecule has 4 N–H and O–H groups in total. The van der Waals surface area contributed by atoms with Crippen molar-refractivity contribution in [1.29, 1.82) is 0 Å². The summed E-state index contributed by atoms with van der Waals surface area (Å²) >= 11 is 1.15. The average molecular weight is 510 g/mol. The molecule has 0 spiro atoms. The summed E-state index contributed by atoms with van der Waals surface area (Å²) in [5.74, 6) is -3.32. The minimum Gasteiger partial charge on any atom is -0.477 e. The van der Waals surface area contributed by atoms with Gasteiger partial charge in [-0.2, -0.15) is 0 Å². The largest absolute Gasteiger partial charge is 0.477 e. The number of furan rings is 1. The van der Waals surface area contributed by atoms with Crippen LogP contribution in [0.15, 0.2) is 39.2 Å². The maximum atomic E-state index is 12.9. The van der Waals surface area contributed by atoms with E-state index in [0.29, 0.717) is 0 Å². The topological polar surface area (TPSA) is 200 Å². The fraction of sp³-hybridized carbons (Fsp3) is 0.400. The Morgan fingerprint density at radius 2 is 2.14 bits per heavy atom. The number of aliphatic carboxylic acids is 1. The van der Waals surface area contributed by atoms with Crippen molar-refractivity contribution in [3.8, 4) is 0 Å². The summed E-state index contributed by atoms with van der Waals surface area (Å²) in [6, 6.07) is 1.96. The van der Waals surface area contributed by atoms with Crippen molar-refractivity contribution in [3.05, 3.63) is 35.4 Å². The van der Waals surface area contributed by atoms with E-state index in [2.05, 4.69) is 15.3 Å². The first-order valence-electron chi connectivity index (χ1n) is 10.1. The third-order valence-corrected chi connectivity index (χ3v) is 6.27. The lowest BCUT2D eigenvalue weighted by molar-refractivity contribution is -0.150. The molecule has 3 heterocycles. The number of nitrogens with two attached hydrogens (primary N) is 1. The molecule has 1 fully saturated rings. The quantitative estimate of drug-likeness (QED) is 0.163. The monoisotopic (exact) mass is 510 g/mol. The lowest BCUT2D eigenvalue weighted by Crippen LogP contribution is -2.71. The number of primary amides is 1. The predicted octanol–water partition coefficient (Wildman–Crippen LogP) is -0.214. The molecule has 2 aliphatic heterocycles. The number of rotatable bonds is 10. The highest BCUT2D eigenvalue weighted by Gasteiger charge is 2.55. The number of carboxylic acids is 1. The summed E-state index contributed by atoms with van der Waals surface area (Å²) in [6.07, 6.45) is -1.04. The van der Waals surface area contributed by atoms with Crippen LogP contribution >= 0.6 is 11.8 Å². The van der Waals surface area contributed by atoms with E-state index in [-0.39, 0.29) is 35.8 Å². The zero-order chi connectivity index (χ0) is 25.7. The summed E-state index contributed by atoms with van der Waals surface area (Å²) in [5.41, 5.74) is 4.63. The van der Waals surface area contributed by atoms with Crippen LogP contribution in [-0.2, 0) is 33.5 Å². The van der Waals surface area contributed by atoms with Gasteiger partial charge in [-0.15, -0.1) is 11.8 Å². The Bertz CT molecular complexity index is 1080. The Hall–Kier alpha value is -4.01. The number of carbonyl (C=O) groups is 5. The summed E-state index contributed by atoms with van der Waals surface area (Å²) < 4.78 is 15.1. The van der Waals surface area contributed by atoms with Crippen LogP contribution in [0.2, 0.25) is 0 Å². The second-order valence-electron chi connectivity index (χ2n) is 7.19. The molecule has 15 heteroatoms. The number of esters is 1. The molecule has 2 aliphatic rings. The molecule has 188 valence electrons. The maximum absolute atomic E-state index is 12.9. The first-order chi connectivity index (χ1) is 16.6. The normalized spacial score (nSPS) is 20.3. The molecule has 3 rings (SSSR count). The molecule has 1 saturated heterocycles. The summed E-state index contributed by atoms with van der Waals surface area (Å²) in [5, 5.41) is 15.3. The highest BCUT2D eigenvalue weighted by Crippen LogP contribution is 2.42. The molecule has 14 nitrogen and oxygen atoms in total. The molecular formula is C20H22N4O10S. The van der Waals surface area contributed by atoms with Crippen LogP contribution < -0.4 is 11.1 Å². The van der Waals surface area contributed by atoms with Crippen LogP contribution in [0.4, 0.5) is 4.79 Å². The van der Waals surface area contributed by atoms with Crippen LogP contribution in [-0.4, -0.2) is 82.6 Å².